The SMILES string of the molecule is O=C(O)c1ncn2c1COc1nocc1-2. The van der Waals surface area contributed by atoms with Crippen LogP contribution in [0.25, 0.3) is 5.69 Å². The number of nitrogens with zero attached hydrogens (tertiary/aromatic N) is 3. The van der Waals surface area contributed by atoms with Crippen LogP contribution in [-0.2, 0) is 6.61 Å². The van der Waals surface area contributed by atoms with Crippen LogP contribution in [-0.4, -0.2) is 25.8 Å². The number of hydrogen-bond donors (Lipinski definition) is 1. The Labute approximate surface area is 82.9 Å². The van der Waals surface area contributed by atoms with E-state index in [2.05, 4.69) is 10.1 Å². The average molecular weight is 207 g/mol. The number of carboxylic acid groups (broad SMARTS) is 1. The minimum absolute atomic E-state index is 0.0122. The Kier molecular flexibility index (Phi) is 1.39. The number of aromatic carboxylic acids is 1. The number of fused-ring (bicyclic) bond motifs is 3. The number of aromatic nitrogens is 3. The van der Waals surface area contributed by atoms with Crippen LogP contribution in [0.5, 0.6) is 5.88 Å². The van der Waals surface area contributed by atoms with Crippen LogP contribution in [0.4, 0.5) is 0 Å². The molecule has 0 unspecified atom stereocenters. The summed E-state index contributed by atoms with van der Waals surface area (Å²) >= 11 is 0. The van der Waals surface area contributed by atoms with Gasteiger partial charge < -0.3 is 14.4 Å². The maximum atomic E-state index is 10.8. The molecule has 0 saturated heterocycles. The summed E-state index contributed by atoms with van der Waals surface area (Å²) in [5.74, 6) is -0.732. The van der Waals surface area contributed by atoms with Gasteiger partial charge in [0.2, 0.25) is 0 Å². The lowest BCUT2D eigenvalue weighted by Crippen LogP contribution is -2.14. The van der Waals surface area contributed by atoms with Gasteiger partial charge in [-0.3, -0.25) is 4.57 Å². The van der Waals surface area contributed by atoms with Crippen molar-refractivity contribution in [3.8, 4) is 11.6 Å². The Morgan fingerprint density at radius 3 is 3.27 bits per heavy atom. The summed E-state index contributed by atoms with van der Waals surface area (Å²) in [6.45, 7) is 0.126. The Hall–Kier alpha value is -2.31. The molecule has 0 amide bonds. The van der Waals surface area contributed by atoms with E-state index in [1.807, 2.05) is 0 Å². The normalized spacial score (nSPS) is 12.8. The van der Waals surface area contributed by atoms with Crippen molar-refractivity contribution in [1.82, 2.24) is 14.7 Å². The molecule has 76 valence electrons. The summed E-state index contributed by atoms with van der Waals surface area (Å²) in [5.41, 5.74) is 1.04. The van der Waals surface area contributed by atoms with E-state index >= 15 is 0 Å². The number of imidazole rings is 1. The fraction of sp³-hybridized carbons (Fsp3) is 0.125. The third kappa shape index (κ3) is 0.967. The fourth-order valence-electron chi connectivity index (χ4n) is 1.52. The molecule has 2 aromatic heterocycles. The minimum atomic E-state index is -1.08. The van der Waals surface area contributed by atoms with Crippen LogP contribution in [0.2, 0.25) is 0 Å². The average Bonchev–Trinajstić information content (AvgIpc) is 2.82. The summed E-state index contributed by atoms with van der Waals surface area (Å²) in [6, 6.07) is 0. The van der Waals surface area contributed by atoms with Crippen LogP contribution in [0.3, 0.4) is 0 Å². The Balaban J connectivity index is 2.23. The molecular formula is C8H5N3O4. The molecule has 15 heavy (non-hydrogen) atoms. The maximum Gasteiger partial charge on any atom is 0.356 e. The van der Waals surface area contributed by atoms with Crippen LogP contribution < -0.4 is 4.74 Å². The van der Waals surface area contributed by atoms with E-state index in [1.54, 1.807) is 4.57 Å². The molecule has 7 nitrogen and oxygen atoms in total. The van der Waals surface area contributed by atoms with Crippen molar-refractivity contribution in [3.05, 3.63) is 24.0 Å². The van der Waals surface area contributed by atoms with Crippen molar-refractivity contribution in [2.75, 3.05) is 0 Å². The predicted molar refractivity (Wildman–Crippen MR) is 44.9 cm³/mol. The van der Waals surface area contributed by atoms with Gasteiger partial charge in [-0.25, -0.2) is 9.78 Å². The third-order valence-electron chi connectivity index (χ3n) is 2.19. The Morgan fingerprint density at radius 1 is 1.60 bits per heavy atom. The molecule has 0 saturated carbocycles. The van der Waals surface area contributed by atoms with Crippen LogP contribution in [0.1, 0.15) is 16.2 Å². The smallest absolute Gasteiger partial charge is 0.356 e. The standard InChI is InChI=1S/C8H5N3O4/c12-8(13)6-4-1-14-7-5(2-15-10-7)11(4)3-9-6/h2-3H,1H2,(H,12,13). The van der Waals surface area contributed by atoms with Gasteiger partial charge in [0.15, 0.2) is 17.6 Å². The van der Waals surface area contributed by atoms with E-state index in [0.717, 1.165) is 0 Å². The van der Waals surface area contributed by atoms with E-state index in [1.165, 1.54) is 12.6 Å². The monoisotopic (exact) mass is 207 g/mol. The lowest BCUT2D eigenvalue weighted by atomic mass is 10.3. The minimum Gasteiger partial charge on any atom is -0.476 e. The zero-order chi connectivity index (χ0) is 10.4. The molecule has 0 radical (unpaired) electrons. The van der Waals surface area contributed by atoms with Gasteiger partial charge in [-0.05, 0) is 5.16 Å². The van der Waals surface area contributed by atoms with Gasteiger partial charge in [0.1, 0.15) is 12.9 Å². The number of hydrogen-bond acceptors (Lipinski definition) is 5. The molecular weight excluding hydrogens is 202 g/mol. The molecule has 0 fully saturated rings. The molecule has 0 spiro atoms. The lowest BCUT2D eigenvalue weighted by molar-refractivity contribution is 0.0687. The van der Waals surface area contributed by atoms with E-state index < -0.39 is 5.97 Å². The third-order valence-corrected chi connectivity index (χ3v) is 2.19. The topological polar surface area (TPSA) is 90.4 Å². The van der Waals surface area contributed by atoms with Gasteiger partial charge in [-0.1, -0.05) is 0 Å². The van der Waals surface area contributed by atoms with Crippen molar-refractivity contribution < 1.29 is 19.2 Å². The van der Waals surface area contributed by atoms with Crippen molar-refractivity contribution in [2.45, 2.75) is 6.61 Å². The first-order valence-electron chi connectivity index (χ1n) is 4.14. The van der Waals surface area contributed by atoms with Crippen LogP contribution in [0, 0.1) is 0 Å². The molecule has 7 heteroatoms. The summed E-state index contributed by atoms with van der Waals surface area (Å²) < 4.78 is 11.5. The number of carboxylic acids is 1. The fourth-order valence-corrected chi connectivity index (χ4v) is 1.52. The maximum absolute atomic E-state index is 10.8. The molecule has 3 heterocycles. The molecule has 1 N–H and O–H groups in total. The summed E-state index contributed by atoms with van der Waals surface area (Å²) in [4.78, 5) is 14.6. The first kappa shape index (κ1) is 8.04. The van der Waals surface area contributed by atoms with E-state index in [4.69, 9.17) is 14.4 Å². The molecule has 0 aliphatic carbocycles. The van der Waals surface area contributed by atoms with E-state index in [-0.39, 0.29) is 12.3 Å². The highest BCUT2D eigenvalue weighted by molar-refractivity contribution is 5.87. The predicted octanol–water partition coefficient (Wildman–Crippen LogP) is 0.451. The van der Waals surface area contributed by atoms with Gasteiger partial charge in [0.05, 0.1) is 5.69 Å². The second kappa shape index (κ2) is 2.59. The Morgan fingerprint density at radius 2 is 2.47 bits per heavy atom. The number of ether oxygens (including phenoxy) is 1. The van der Waals surface area contributed by atoms with Gasteiger partial charge >= 0.3 is 5.97 Å². The molecule has 1 aliphatic rings. The molecule has 2 aromatic rings. The first-order chi connectivity index (χ1) is 7.27. The van der Waals surface area contributed by atoms with Crippen LogP contribution >= 0.6 is 0 Å². The zero-order valence-electron chi connectivity index (χ0n) is 7.38. The number of carbonyl (C=O) groups is 1. The molecule has 1 aliphatic heterocycles. The van der Waals surface area contributed by atoms with Crippen LogP contribution in [0.15, 0.2) is 17.1 Å². The quantitative estimate of drug-likeness (QED) is 0.730. The van der Waals surface area contributed by atoms with Gasteiger partial charge in [0.25, 0.3) is 5.88 Å². The van der Waals surface area contributed by atoms with Crippen molar-refractivity contribution in [1.29, 1.82) is 0 Å². The molecule has 0 aromatic carbocycles. The second-order valence-corrected chi connectivity index (χ2v) is 3.01. The number of rotatable bonds is 1. The van der Waals surface area contributed by atoms with Crippen molar-refractivity contribution >= 4 is 5.97 Å². The second-order valence-electron chi connectivity index (χ2n) is 3.01. The van der Waals surface area contributed by atoms with Gasteiger partial charge in [0, 0.05) is 0 Å². The largest absolute Gasteiger partial charge is 0.476 e. The summed E-state index contributed by atoms with van der Waals surface area (Å²) in [5, 5.41) is 12.5. The van der Waals surface area contributed by atoms with Crippen molar-refractivity contribution in [3.63, 3.8) is 0 Å². The van der Waals surface area contributed by atoms with Gasteiger partial charge in [-0.2, -0.15) is 0 Å². The van der Waals surface area contributed by atoms with Crippen molar-refractivity contribution in [2.24, 2.45) is 0 Å². The highest BCUT2D eigenvalue weighted by Gasteiger charge is 2.26. The highest BCUT2D eigenvalue weighted by atomic mass is 16.5. The molecule has 0 bridgehead atoms. The zero-order valence-corrected chi connectivity index (χ0v) is 7.38. The van der Waals surface area contributed by atoms with E-state index in [9.17, 15) is 4.79 Å². The lowest BCUT2D eigenvalue weighted by Gasteiger charge is -2.13. The summed E-state index contributed by atoms with van der Waals surface area (Å²) in [7, 11) is 0. The molecule has 0 atom stereocenters. The van der Waals surface area contributed by atoms with Gasteiger partial charge in [-0.15, -0.1) is 0 Å². The highest BCUT2D eigenvalue weighted by Crippen LogP contribution is 2.29. The Bertz CT molecular complexity index is 542. The molecule has 3 rings (SSSR count). The summed E-state index contributed by atoms with van der Waals surface area (Å²) in [6.07, 6.45) is 2.79. The first-order valence-corrected chi connectivity index (χ1v) is 4.14. The van der Waals surface area contributed by atoms with E-state index in [0.29, 0.717) is 17.3 Å².